The van der Waals surface area contributed by atoms with Crippen LogP contribution in [0, 0.1) is 6.92 Å². The van der Waals surface area contributed by atoms with Gasteiger partial charge in [0.05, 0.1) is 5.69 Å². The van der Waals surface area contributed by atoms with Crippen LogP contribution in [0.2, 0.25) is 0 Å². The summed E-state index contributed by atoms with van der Waals surface area (Å²) in [6.07, 6.45) is 0.810. The first kappa shape index (κ1) is 14.1. The second-order valence-electron chi connectivity index (χ2n) is 4.72. The van der Waals surface area contributed by atoms with Crippen LogP contribution >= 0.6 is 0 Å². The Kier molecular flexibility index (Phi) is 4.08. The standard InChI is InChI=1S/C15H20N4O/c1-4-11-9-14(19(5-2)18-11)15(20)17-12-7-6-10(3)13(16)8-12/h6-9H,4-5,16H2,1-3H3,(H,17,20). The van der Waals surface area contributed by atoms with Crippen molar-refractivity contribution < 1.29 is 4.79 Å². The Morgan fingerprint density at radius 1 is 1.35 bits per heavy atom. The number of rotatable bonds is 4. The molecule has 0 fully saturated rings. The third kappa shape index (κ3) is 2.82. The summed E-state index contributed by atoms with van der Waals surface area (Å²) >= 11 is 0. The quantitative estimate of drug-likeness (QED) is 0.840. The number of benzene rings is 1. The lowest BCUT2D eigenvalue weighted by Gasteiger charge is -2.08. The average Bonchev–Trinajstić information content (AvgIpc) is 2.86. The number of anilines is 2. The zero-order valence-electron chi connectivity index (χ0n) is 12.1. The van der Waals surface area contributed by atoms with Crippen molar-refractivity contribution in [1.82, 2.24) is 9.78 Å². The van der Waals surface area contributed by atoms with Crippen molar-refractivity contribution in [2.24, 2.45) is 0 Å². The van der Waals surface area contributed by atoms with Gasteiger partial charge in [0.1, 0.15) is 5.69 Å². The highest BCUT2D eigenvalue weighted by Gasteiger charge is 2.14. The zero-order chi connectivity index (χ0) is 14.7. The van der Waals surface area contributed by atoms with E-state index in [4.69, 9.17) is 5.73 Å². The molecule has 0 aliphatic rings. The number of amides is 1. The molecule has 0 aliphatic heterocycles. The molecule has 0 atom stereocenters. The lowest BCUT2D eigenvalue weighted by atomic mass is 10.2. The molecule has 0 aliphatic carbocycles. The maximum atomic E-state index is 12.3. The lowest BCUT2D eigenvalue weighted by molar-refractivity contribution is 0.101. The van der Waals surface area contributed by atoms with Crippen molar-refractivity contribution in [1.29, 1.82) is 0 Å². The fraction of sp³-hybridized carbons (Fsp3) is 0.333. The third-order valence-electron chi connectivity index (χ3n) is 3.26. The molecule has 0 unspecified atom stereocenters. The molecule has 20 heavy (non-hydrogen) atoms. The molecular weight excluding hydrogens is 252 g/mol. The Bertz CT molecular complexity index is 631. The molecule has 1 heterocycles. The predicted octanol–water partition coefficient (Wildman–Crippen LogP) is 2.61. The molecule has 0 radical (unpaired) electrons. The number of aryl methyl sites for hydroxylation is 3. The van der Waals surface area contributed by atoms with E-state index in [2.05, 4.69) is 10.4 Å². The maximum absolute atomic E-state index is 12.3. The highest BCUT2D eigenvalue weighted by atomic mass is 16.2. The third-order valence-corrected chi connectivity index (χ3v) is 3.26. The van der Waals surface area contributed by atoms with Crippen LogP contribution in [0.3, 0.4) is 0 Å². The summed E-state index contributed by atoms with van der Waals surface area (Å²) in [6.45, 7) is 6.58. The number of hydrogen-bond donors (Lipinski definition) is 2. The van der Waals surface area contributed by atoms with E-state index in [1.165, 1.54) is 0 Å². The largest absolute Gasteiger partial charge is 0.398 e. The number of carbonyl (C=O) groups excluding carboxylic acids is 1. The van der Waals surface area contributed by atoms with Crippen molar-refractivity contribution in [2.45, 2.75) is 33.7 Å². The number of carbonyl (C=O) groups is 1. The van der Waals surface area contributed by atoms with Crippen molar-refractivity contribution in [2.75, 3.05) is 11.1 Å². The Morgan fingerprint density at radius 2 is 2.10 bits per heavy atom. The number of aromatic nitrogens is 2. The van der Waals surface area contributed by atoms with E-state index in [-0.39, 0.29) is 5.91 Å². The number of hydrogen-bond acceptors (Lipinski definition) is 3. The molecule has 5 heteroatoms. The van der Waals surface area contributed by atoms with E-state index < -0.39 is 0 Å². The fourth-order valence-corrected chi connectivity index (χ4v) is 1.98. The first-order valence-corrected chi connectivity index (χ1v) is 6.79. The van der Waals surface area contributed by atoms with Gasteiger partial charge in [0.15, 0.2) is 0 Å². The summed E-state index contributed by atoms with van der Waals surface area (Å²) in [6, 6.07) is 7.33. The molecule has 0 spiro atoms. The van der Waals surface area contributed by atoms with E-state index >= 15 is 0 Å². The van der Waals surface area contributed by atoms with Gasteiger partial charge in [-0.3, -0.25) is 9.48 Å². The summed E-state index contributed by atoms with van der Waals surface area (Å²) < 4.78 is 1.71. The van der Waals surface area contributed by atoms with Crippen molar-refractivity contribution in [3.63, 3.8) is 0 Å². The first-order chi connectivity index (χ1) is 9.55. The van der Waals surface area contributed by atoms with Crippen LogP contribution in [0.5, 0.6) is 0 Å². The molecule has 5 nitrogen and oxygen atoms in total. The topological polar surface area (TPSA) is 72.9 Å². The second kappa shape index (κ2) is 5.77. The highest BCUT2D eigenvalue weighted by Crippen LogP contribution is 2.18. The second-order valence-corrected chi connectivity index (χ2v) is 4.72. The van der Waals surface area contributed by atoms with Gasteiger partial charge in [-0.1, -0.05) is 13.0 Å². The summed E-state index contributed by atoms with van der Waals surface area (Å²) in [5.41, 5.74) is 9.69. The van der Waals surface area contributed by atoms with Crippen LogP contribution in [0.4, 0.5) is 11.4 Å². The molecule has 0 saturated carbocycles. The van der Waals surface area contributed by atoms with Gasteiger partial charge in [-0.2, -0.15) is 5.10 Å². The normalized spacial score (nSPS) is 10.6. The van der Waals surface area contributed by atoms with Gasteiger partial charge in [0, 0.05) is 17.9 Å². The minimum Gasteiger partial charge on any atom is -0.398 e. The fourth-order valence-electron chi connectivity index (χ4n) is 1.98. The van der Waals surface area contributed by atoms with Crippen LogP contribution in [-0.2, 0) is 13.0 Å². The van der Waals surface area contributed by atoms with E-state index in [0.29, 0.717) is 23.6 Å². The van der Waals surface area contributed by atoms with Crippen LogP contribution in [0.25, 0.3) is 0 Å². The van der Waals surface area contributed by atoms with E-state index in [1.807, 2.05) is 39.0 Å². The van der Waals surface area contributed by atoms with E-state index in [1.54, 1.807) is 10.7 Å². The van der Waals surface area contributed by atoms with Gasteiger partial charge in [-0.15, -0.1) is 0 Å². The van der Waals surface area contributed by atoms with Crippen molar-refractivity contribution in [3.8, 4) is 0 Å². The summed E-state index contributed by atoms with van der Waals surface area (Å²) in [4.78, 5) is 12.3. The van der Waals surface area contributed by atoms with Crippen LogP contribution in [0.15, 0.2) is 24.3 Å². The Labute approximate surface area is 118 Å². The maximum Gasteiger partial charge on any atom is 0.273 e. The van der Waals surface area contributed by atoms with Crippen LogP contribution < -0.4 is 11.1 Å². The molecule has 3 N–H and O–H groups in total. The SMILES string of the molecule is CCc1cc(C(=O)Nc2ccc(C)c(N)c2)n(CC)n1. The average molecular weight is 272 g/mol. The smallest absolute Gasteiger partial charge is 0.273 e. The molecule has 0 bridgehead atoms. The molecule has 2 aromatic rings. The Hall–Kier alpha value is -2.30. The van der Waals surface area contributed by atoms with Gasteiger partial charge in [-0.05, 0) is 44.0 Å². The van der Waals surface area contributed by atoms with Crippen molar-refractivity contribution in [3.05, 3.63) is 41.2 Å². The van der Waals surface area contributed by atoms with Gasteiger partial charge in [-0.25, -0.2) is 0 Å². The Morgan fingerprint density at radius 3 is 2.70 bits per heavy atom. The summed E-state index contributed by atoms with van der Waals surface area (Å²) in [5.74, 6) is -0.165. The summed E-state index contributed by atoms with van der Waals surface area (Å²) in [5, 5.41) is 7.23. The predicted molar refractivity (Wildman–Crippen MR) is 80.8 cm³/mol. The van der Waals surface area contributed by atoms with Gasteiger partial charge in [0.25, 0.3) is 5.91 Å². The number of nitrogen functional groups attached to an aromatic ring is 1. The minimum atomic E-state index is -0.165. The van der Waals surface area contributed by atoms with Gasteiger partial charge < -0.3 is 11.1 Å². The monoisotopic (exact) mass is 272 g/mol. The number of nitrogens with zero attached hydrogens (tertiary/aromatic N) is 2. The van der Waals surface area contributed by atoms with Crippen molar-refractivity contribution >= 4 is 17.3 Å². The molecule has 1 amide bonds. The van der Waals surface area contributed by atoms with Crippen LogP contribution in [0.1, 0.15) is 35.6 Å². The van der Waals surface area contributed by atoms with Gasteiger partial charge >= 0.3 is 0 Å². The highest BCUT2D eigenvalue weighted by molar-refractivity contribution is 6.03. The van der Waals surface area contributed by atoms with E-state index in [0.717, 1.165) is 17.7 Å². The van der Waals surface area contributed by atoms with E-state index in [9.17, 15) is 4.79 Å². The van der Waals surface area contributed by atoms with Crippen LogP contribution in [-0.4, -0.2) is 15.7 Å². The zero-order valence-corrected chi connectivity index (χ0v) is 12.1. The number of nitrogens with one attached hydrogen (secondary N) is 1. The molecule has 1 aromatic carbocycles. The molecule has 2 rings (SSSR count). The molecular formula is C15H20N4O. The minimum absolute atomic E-state index is 0.165. The molecule has 0 saturated heterocycles. The molecule has 1 aromatic heterocycles. The van der Waals surface area contributed by atoms with Gasteiger partial charge in [0.2, 0.25) is 0 Å². The number of nitrogens with two attached hydrogens (primary N) is 1. The molecule has 106 valence electrons. The first-order valence-electron chi connectivity index (χ1n) is 6.79. The lowest BCUT2D eigenvalue weighted by Crippen LogP contribution is -2.17. The Balaban J connectivity index is 2.23. The summed E-state index contributed by atoms with van der Waals surface area (Å²) in [7, 11) is 0.